The smallest absolute Gasteiger partial charge is 0.260 e. The Morgan fingerprint density at radius 2 is 1.00 bits per heavy atom. The van der Waals surface area contributed by atoms with Crippen LogP contribution < -0.4 is 20.9 Å². The van der Waals surface area contributed by atoms with E-state index in [2.05, 4.69) is 0 Å². The Bertz CT molecular complexity index is 730. The molecule has 1 heterocycles. The van der Waals surface area contributed by atoms with Crippen molar-refractivity contribution in [1.82, 2.24) is 9.80 Å². The van der Waals surface area contributed by atoms with Crippen molar-refractivity contribution in [2.75, 3.05) is 50.9 Å². The summed E-state index contributed by atoms with van der Waals surface area (Å²) in [6.07, 6.45) is 0. The summed E-state index contributed by atoms with van der Waals surface area (Å²) in [6.45, 7) is 1.79. The normalized spacial score (nSPS) is 13.9. The molecule has 0 bridgehead atoms. The molecule has 0 radical (unpaired) electrons. The number of nitrogen functional groups attached to an aromatic ring is 2. The van der Waals surface area contributed by atoms with Crippen LogP contribution in [0.15, 0.2) is 48.5 Å². The SMILES string of the molecule is Nc1ccc(OCC(=O)N2CCN(C(=O)COc3ccc(N)cc3)CC2)cc1. The van der Waals surface area contributed by atoms with Crippen molar-refractivity contribution in [3.8, 4) is 11.5 Å². The van der Waals surface area contributed by atoms with Crippen molar-refractivity contribution in [2.45, 2.75) is 0 Å². The summed E-state index contributed by atoms with van der Waals surface area (Å²) in [5, 5.41) is 0. The highest BCUT2D eigenvalue weighted by atomic mass is 16.5. The number of nitrogens with zero attached hydrogens (tertiary/aromatic N) is 2. The van der Waals surface area contributed by atoms with E-state index in [1.54, 1.807) is 58.3 Å². The number of ether oxygens (including phenoxy) is 2. The third-order valence-corrected chi connectivity index (χ3v) is 4.47. The Balaban J connectivity index is 1.39. The van der Waals surface area contributed by atoms with Gasteiger partial charge < -0.3 is 30.7 Å². The van der Waals surface area contributed by atoms with Crippen LogP contribution in [-0.2, 0) is 9.59 Å². The van der Waals surface area contributed by atoms with Gasteiger partial charge in [-0.1, -0.05) is 0 Å². The molecular weight excluding hydrogens is 360 g/mol. The Morgan fingerprint density at radius 3 is 1.32 bits per heavy atom. The summed E-state index contributed by atoms with van der Waals surface area (Å²) >= 11 is 0. The third-order valence-electron chi connectivity index (χ3n) is 4.47. The van der Waals surface area contributed by atoms with E-state index < -0.39 is 0 Å². The fraction of sp³-hybridized carbons (Fsp3) is 0.300. The highest BCUT2D eigenvalue weighted by Crippen LogP contribution is 2.14. The molecule has 2 amide bonds. The molecule has 2 aromatic rings. The Kier molecular flexibility index (Phi) is 6.21. The first-order valence-corrected chi connectivity index (χ1v) is 9.03. The number of carbonyl (C=O) groups excluding carboxylic acids is 2. The first kappa shape index (κ1) is 19.3. The zero-order valence-electron chi connectivity index (χ0n) is 15.5. The van der Waals surface area contributed by atoms with Gasteiger partial charge in [0.1, 0.15) is 11.5 Å². The lowest BCUT2D eigenvalue weighted by Gasteiger charge is -2.34. The van der Waals surface area contributed by atoms with Gasteiger partial charge >= 0.3 is 0 Å². The molecule has 148 valence electrons. The molecule has 1 aliphatic heterocycles. The van der Waals surface area contributed by atoms with Crippen molar-refractivity contribution >= 4 is 23.2 Å². The Labute approximate surface area is 163 Å². The molecule has 1 fully saturated rings. The minimum Gasteiger partial charge on any atom is -0.484 e. The average molecular weight is 384 g/mol. The van der Waals surface area contributed by atoms with Gasteiger partial charge in [-0.15, -0.1) is 0 Å². The van der Waals surface area contributed by atoms with E-state index in [1.807, 2.05) is 0 Å². The van der Waals surface area contributed by atoms with Crippen LogP contribution in [-0.4, -0.2) is 61.0 Å². The highest BCUT2D eigenvalue weighted by molar-refractivity contribution is 5.80. The van der Waals surface area contributed by atoms with Crippen LogP contribution in [0.25, 0.3) is 0 Å². The fourth-order valence-corrected chi connectivity index (χ4v) is 2.81. The van der Waals surface area contributed by atoms with Crippen molar-refractivity contribution in [3.63, 3.8) is 0 Å². The van der Waals surface area contributed by atoms with Crippen LogP contribution in [0.3, 0.4) is 0 Å². The second-order valence-corrected chi connectivity index (χ2v) is 6.48. The number of hydrogen-bond acceptors (Lipinski definition) is 6. The molecule has 4 N–H and O–H groups in total. The van der Waals surface area contributed by atoms with Gasteiger partial charge in [-0.2, -0.15) is 0 Å². The van der Waals surface area contributed by atoms with E-state index in [0.717, 1.165) is 0 Å². The standard InChI is InChI=1S/C20H24N4O4/c21-15-1-5-17(6-2-15)27-13-19(25)23-9-11-24(12-10-23)20(26)14-28-18-7-3-16(22)4-8-18/h1-8H,9-14,21-22H2. The maximum absolute atomic E-state index is 12.3. The minimum absolute atomic E-state index is 0.0435. The molecule has 1 aliphatic rings. The average Bonchev–Trinajstić information content (AvgIpc) is 2.72. The number of nitrogens with two attached hydrogens (primary N) is 2. The zero-order chi connectivity index (χ0) is 19.9. The van der Waals surface area contributed by atoms with Crippen LogP contribution in [0, 0.1) is 0 Å². The van der Waals surface area contributed by atoms with E-state index in [0.29, 0.717) is 49.1 Å². The monoisotopic (exact) mass is 384 g/mol. The summed E-state index contributed by atoms with van der Waals surface area (Å²) in [4.78, 5) is 28.0. The van der Waals surface area contributed by atoms with E-state index >= 15 is 0 Å². The minimum atomic E-state index is -0.109. The fourth-order valence-electron chi connectivity index (χ4n) is 2.81. The Hall–Kier alpha value is -3.42. The van der Waals surface area contributed by atoms with E-state index in [9.17, 15) is 9.59 Å². The summed E-state index contributed by atoms with van der Waals surface area (Å²) in [5.41, 5.74) is 12.5. The molecule has 0 atom stereocenters. The number of amides is 2. The first-order valence-electron chi connectivity index (χ1n) is 9.03. The van der Waals surface area contributed by atoms with Crippen LogP contribution in [0.1, 0.15) is 0 Å². The van der Waals surface area contributed by atoms with E-state index in [1.165, 1.54) is 0 Å². The summed E-state index contributed by atoms with van der Waals surface area (Å²) in [6, 6.07) is 13.8. The van der Waals surface area contributed by atoms with Gasteiger partial charge in [0.2, 0.25) is 0 Å². The lowest BCUT2D eigenvalue weighted by Crippen LogP contribution is -2.52. The van der Waals surface area contributed by atoms with Gasteiger partial charge in [0.25, 0.3) is 11.8 Å². The largest absolute Gasteiger partial charge is 0.484 e. The molecule has 0 unspecified atom stereocenters. The second kappa shape index (κ2) is 8.98. The van der Waals surface area contributed by atoms with Gasteiger partial charge in [0.05, 0.1) is 0 Å². The van der Waals surface area contributed by atoms with Gasteiger partial charge in [-0.05, 0) is 48.5 Å². The number of hydrogen-bond donors (Lipinski definition) is 2. The van der Waals surface area contributed by atoms with Crippen LogP contribution in [0.2, 0.25) is 0 Å². The lowest BCUT2D eigenvalue weighted by atomic mass is 10.3. The molecule has 8 nitrogen and oxygen atoms in total. The van der Waals surface area contributed by atoms with Crippen molar-refractivity contribution in [2.24, 2.45) is 0 Å². The first-order chi connectivity index (χ1) is 13.5. The molecule has 28 heavy (non-hydrogen) atoms. The molecule has 8 heteroatoms. The molecule has 2 aromatic carbocycles. The predicted octanol–water partition coefficient (Wildman–Crippen LogP) is 0.980. The molecule has 0 aromatic heterocycles. The summed E-state index contributed by atoms with van der Waals surface area (Å²) in [7, 11) is 0. The van der Waals surface area contributed by atoms with Crippen LogP contribution >= 0.6 is 0 Å². The third kappa shape index (κ3) is 5.29. The quantitative estimate of drug-likeness (QED) is 0.718. The Morgan fingerprint density at radius 1 is 0.679 bits per heavy atom. The van der Waals surface area contributed by atoms with Crippen molar-refractivity contribution in [3.05, 3.63) is 48.5 Å². The predicted molar refractivity (Wildman–Crippen MR) is 106 cm³/mol. The molecule has 1 saturated heterocycles. The van der Waals surface area contributed by atoms with Crippen LogP contribution in [0.5, 0.6) is 11.5 Å². The van der Waals surface area contributed by atoms with E-state index in [-0.39, 0.29) is 25.0 Å². The van der Waals surface area contributed by atoms with Crippen LogP contribution in [0.4, 0.5) is 11.4 Å². The van der Waals surface area contributed by atoms with Gasteiger partial charge in [-0.3, -0.25) is 9.59 Å². The van der Waals surface area contributed by atoms with Crippen molar-refractivity contribution in [1.29, 1.82) is 0 Å². The molecule has 0 aliphatic carbocycles. The molecule has 3 rings (SSSR count). The molecular formula is C20H24N4O4. The molecule has 0 saturated carbocycles. The lowest BCUT2D eigenvalue weighted by molar-refractivity contribution is -0.141. The summed E-state index contributed by atoms with van der Waals surface area (Å²) < 4.78 is 11.0. The zero-order valence-corrected chi connectivity index (χ0v) is 15.5. The van der Waals surface area contributed by atoms with E-state index in [4.69, 9.17) is 20.9 Å². The topological polar surface area (TPSA) is 111 Å². The number of carbonyl (C=O) groups is 2. The number of piperazine rings is 1. The van der Waals surface area contributed by atoms with Gasteiger partial charge in [-0.25, -0.2) is 0 Å². The number of benzene rings is 2. The molecule has 0 spiro atoms. The maximum atomic E-state index is 12.3. The number of rotatable bonds is 6. The maximum Gasteiger partial charge on any atom is 0.260 e. The summed E-state index contributed by atoms with van der Waals surface area (Å²) in [5.74, 6) is 0.969. The van der Waals surface area contributed by atoms with Crippen molar-refractivity contribution < 1.29 is 19.1 Å². The van der Waals surface area contributed by atoms with Gasteiger partial charge in [0, 0.05) is 37.6 Å². The highest BCUT2D eigenvalue weighted by Gasteiger charge is 2.24. The second-order valence-electron chi connectivity index (χ2n) is 6.48. The van der Waals surface area contributed by atoms with Gasteiger partial charge in [0.15, 0.2) is 13.2 Å². The number of anilines is 2.